The molecule has 1 aliphatic rings. The van der Waals surface area contributed by atoms with E-state index in [0.29, 0.717) is 32.1 Å². The van der Waals surface area contributed by atoms with Crippen LogP contribution in [0.3, 0.4) is 0 Å². The van der Waals surface area contributed by atoms with Gasteiger partial charge in [-0.05, 0) is 49.1 Å². The fourth-order valence-corrected chi connectivity index (χ4v) is 4.72. The zero-order chi connectivity index (χ0) is 28.0. The van der Waals surface area contributed by atoms with Crippen LogP contribution in [0.1, 0.15) is 50.7 Å². The average Bonchev–Trinajstić information content (AvgIpc) is 2.94. The first-order chi connectivity index (χ1) is 18.9. The lowest BCUT2D eigenvalue weighted by molar-refractivity contribution is -0.150. The Balaban J connectivity index is 1.67. The van der Waals surface area contributed by atoms with Crippen LogP contribution in [-0.2, 0) is 32.0 Å². The summed E-state index contributed by atoms with van der Waals surface area (Å²) in [6.07, 6.45) is 6.73. The van der Waals surface area contributed by atoms with Gasteiger partial charge in [-0.1, -0.05) is 86.7 Å². The average molecular weight is 535 g/mol. The molecular formula is C32H42N2O5. The van der Waals surface area contributed by atoms with Gasteiger partial charge in [0.25, 0.3) is 0 Å². The van der Waals surface area contributed by atoms with Crippen LogP contribution in [0, 0.1) is 17.8 Å². The van der Waals surface area contributed by atoms with E-state index in [1.807, 2.05) is 86.7 Å². The maximum atomic E-state index is 13.3. The summed E-state index contributed by atoms with van der Waals surface area (Å²) in [5.74, 6) is -1.59. The first-order valence-electron chi connectivity index (χ1n) is 14.0. The molecule has 0 saturated carbocycles. The van der Waals surface area contributed by atoms with E-state index in [-0.39, 0.29) is 55.3 Å². The van der Waals surface area contributed by atoms with E-state index in [2.05, 4.69) is 10.6 Å². The van der Waals surface area contributed by atoms with Crippen LogP contribution in [0.15, 0.2) is 72.8 Å². The third-order valence-corrected chi connectivity index (χ3v) is 7.18. The van der Waals surface area contributed by atoms with Crippen LogP contribution in [0.2, 0.25) is 0 Å². The van der Waals surface area contributed by atoms with Gasteiger partial charge in [0.2, 0.25) is 11.8 Å². The second-order valence-electron chi connectivity index (χ2n) is 10.7. The molecule has 2 amide bonds. The van der Waals surface area contributed by atoms with Crippen LogP contribution >= 0.6 is 0 Å². The predicted octanol–water partition coefficient (Wildman–Crippen LogP) is 4.00. The number of hydrogen-bond acceptors (Lipinski definition) is 5. The zero-order valence-electron chi connectivity index (χ0n) is 23.1. The van der Waals surface area contributed by atoms with Crippen molar-refractivity contribution in [3.63, 3.8) is 0 Å². The molecule has 1 heterocycles. The summed E-state index contributed by atoms with van der Waals surface area (Å²) in [7, 11) is 0. The number of carbonyl (C=O) groups excluding carboxylic acids is 3. The number of amides is 2. The number of hydrogen-bond donors (Lipinski definition) is 3. The van der Waals surface area contributed by atoms with E-state index in [0.717, 1.165) is 11.1 Å². The number of esters is 1. The zero-order valence-corrected chi connectivity index (χ0v) is 23.1. The van der Waals surface area contributed by atoms with Crippen molar-refractivity contribution in [1.29, 1.82) is 0 Å². The molecule has 0 fully saturated rings. The maximum Gasteiger partial charge on any atom is 0.309 e. The summed E-state index contributed by atoms with van der Waals surface area (Å²) in [4.78, 5) is 39.2. The second-order valence-corrected chi connectivity index (χ2v) is 10.7. The fraction of sp³-hybridized carbons (Fsp3) is 0.469. The van der Waals surface area contributed by atoms with Gasteiger partial charge in [0.05, 0.1) is 30.5 Å². The number of ether oxygens (including phenoxy) is 1. The van der Waals surface area contributed by atoms with E-state index in [1.165, 1.54) is 0 Å². The molecule has 1 aliphatic heterocycles. The molecular weight excluding hydrogens is 492 g/mol. The van der Waals surface area contributed by atoms with Crippen molar-refractivity contribution in [3.05, 3.63) is 83.9 Å². The van der Waals surface area contributed by atoms with Crippen LogP contribution in [0.4, 0.5) is 0 Å². The molecule has 2 aromatic carbocycles. The molecule has 210 valence electrons. The third-order valence-electron chi connectivity index (χ3n) is 7.18. The summed E-state index contributed by atoms with van der Waals surface area (Å²) in [5, 5.41) is 15.7. The van der Waals surface area contributed by atoms with E-state index in [9.17, 15) is 19.5 Å². The summed E-state index contributed by atoms with van der Waals surface area (Å²) in [6.45, 7) is 3.83. The Bertz CT molecular complexity index is 1070. The highest BCUT2D eigenvalue weighted by atomic mass is 16.5. The molecule has 0 radical (unpaired) electrons. The monoisotopic (exact) mass is 534 g/mol. The van der Waals surface area contributed by atoms with Crippen LogP contribution < -0.4 is 10.6 Å². The minimum absolute atomic E-state index is 0.00268. The number of benzene rings is 2. The van der Waals surface area contributed by atoms with Gasteiger partial charge in [-0.25, -0.2) is 0 Å². The summed E-state index contributed by atoms with van der Waals surface area (Å²) in [6, 6.07) is 18.8. The van der Waals surface area contributed by atoms with E-state index < -0.39 is 12.0 Å². The molecule has 7 heteroatoms. The lowest BCUT2D eigenvalue weighted by Gasteiger charge is -2.26. The minimum atomic E-state index is -0.574. The van der Waals surface area contributed by atoms with Crippen molar-refractivity contribution in [2.75, 3.05) is 13.2 Å². The van der Waals surface area contributed by atoms with E-state index in [1.54, 1.807) is 0 Å². The Kier molecular flexibility index (Phi) is 12.2. The van der Waals surface area contributed by atoms with Crippen LogP contribution in [0.25, 0.3) is 0 Å². The lowest BCUT2D eigenvalue weighted by Crippen LogP contribution is -2.46. The first kappa shape index (κ1) is 30.1. The molecule has 3 rings (SSSR count). The Morgan fingerprint density at radius 1 is 1.00 bits per heavy atom. The number of rotatable bonds is 9. The Labute approximate surface area is 232 Å². The Hall–Kier alpha value is -3.45. The van der Waals surface area contributed by atoms with Crippen molar-refractivity contribution in [2.24, 2.45) is 17.8 Å². The van der Waals surface area contributed by atoms with Gasteiger partial charge in [0, 0.05) is 6.42 Å². The minimum Gasteiger partial charge on any atom is -0.463 e. The molecule has 3 N–H and O–H groups in total. The highest BCUT2D eigenvalue weighted by molar-refractivity contribution is 5.86. The van der Waals surface area contributed by atoms with E-state index in [4.69, 9.17) is 4.74 Å². The lowest BCUT2D eigenvalue weighted by atomic mass is 9.94. The van der Waals surface area contributed by atoms with Gasteiger partial charge in [-0.15, -0.1) is 0 Å². The van der Waals surface area contributed by atoms with Crippen molar-refractivity contribution in [2.45, 2.75) is 64.5 Å². The second kappa shape index (κ2) is 15.8. The van der Waals surface area contributed by atoms with Crippen LogP contribution in [-0.4, -0.2) is 48.2 Å². The van der Waals surface area contributed by atoms with Crippen molar-refractivity contribution in [1.82, 2.24) is 10.6 Å². The molecule has 7 nitrogen and oxygen atoms in total. The standard InChI is InChI=1S/C32H42N2O5/c1-23(2)29-22-39-32(38)27(18-24-12-6-3-7-13-24)17-11-5-10-16-26(31(37)34-29)20-30(36)33-28(21-35)19-25-14-8-4-9-15-25/h3-10,12-15,23,26-29,35H,11,16-22H2,1-2H3,(H,33,36)(H,34,37). The summed E-state index contributed by atoms with van der Waals surface area (Å²) < 4.78 is 5.72. The number of aliphatic hydroxyl groups excluding tert-OH is 1. The first-order valence-corrected chi connectivity index (χ1v) is 14.0. The Morgan fingerprint density at radius 2 is 1.67 bits per heavy atom. The van der Waals surface area contributed by atoms with Gasteiger partial charge >= 0.3 is 5.97 Å². The molecule has 2 aromatic rings. The third kappa shape index (κ3) is 10.3. The molecule has 4 atom stereocenters. The molecule has 39 heavy (non-hydrogen) atoms. The van der Waals surface area contributed by atoms with Gasteiger partial charge in [-0.2, -0.15) is 0 Å². The quantitative estimate of drug-likeness (QED) is 0.333. The van der Waals surface area contributed by atoms with Gasteiger partial charge in [0.15, 0.2) is 0 Å². The van der Waals surface area contributed by atoms with Gasteiger partial charge < -0.3 is 20.5 Å². The van der Waals surface area contributed by atoms with E-state index >= 15 is 0 Å². The van der Waals surface area contributed by atoms with Crippen LogP contribution in [0.5, 0.6) is 0 Å². The normalized spacial score (nSPS) is 21.6. The molecule has 0 bridgehead atoms. The van der Waals surface area contributed by atoms with Crippen molar-refractivity contribution in [3.8, 4) is 0 Å². The number of cyclic esters (lactones) is 1. The molecule has 4 unspecified atom stereocenters. The number of allylic oxidation sites excluding steroid dienone is 2. The number of carbonyl (C=O) groups is 3. The van der Waals surface area contributed by atoms with Gasteiger partial charge in [0.1, 0.15) is 6.61 Å². The summed E-state index contributed by atoms with van der Waals surface area (Å²) >= 11 is 0. The highest BCUT2D eigenvalue weighted by Crippen LogP contribution is 2.20. The molecule has 0 saturated heterocycles. The van der Waals surface area contributed by atoms with Gasteiger partial charge in [-0.3, -0.25) is 14.4 Å². The molecule has 0 spiro atoms. The number of aliphatic hydroxyl groups is 1. The largest absolute Gasteiger partial charge is 0.463 e. The SMILES string of the molecule is CC(C)C1COC(=O)C(Cc2ccccc2)CCC=CCC(CC(=O)NC(CO)Cc2ccccc2)C(=O)N1. The summed E-state index contributed by atoms with van der Waals surface area (Å²) in [5.41, 5.74) is 2.10. The topological polar surface area (TPSA) is 105 Å². The Morgan fingerprint density at radius 3 is 2.31 bits per heavy atom. The molecule has 0 aliphatic carbocycles. The van der Waals surface area contributed by atoms with Crippen molar-refractivity contribution >= 4 is 17.8 Å². The molecule has 0 aromatic heterocycles. The smallest absolute Gasteiger partial charge is 0.309 e. The highest BCUT2D eigenvalue weighted by Gasteiger charge is 2.28. The number of nitrogens with one attached hydrogen (secondary N) is 2. The maximum absolute atomic E-state index is 13.3. The predicted molar refractivity (Wildman–Crippen MR) is 152 cm³/mol. The fourth-order valence-electron chi connectivity index (χ4n) is 4.72. The van der Waals surface area contributed by atoms with Crippen molar-refractivity contribution < 1.29 is 24.2 Å².